The Kier molecular flexibility index (Phi) is 3.47. The van der Waals surface area contributed by atoms with E-state index in [1.54, 1.807) is 13.0 Å². The van der Waals surface area contributed by atoms with Gasteiger partial charge in [0.05, 0.1) is 5.69 Å². The second-order valence-electron chi connectivity index (χ2n) is 5.11. The maximum absolute atomic E-state index is 11.8. The number of piperidine rings is 1. The maximum Gasteiger partial charge on any atom is 0.289 e. The van der Waals surface area contributed by atoms with Crippen LogP contribution in [0.2, 0.25) is 0 Å². The Balaban J connectivity index is 1.87. The number of hydrogen-bond donors (Lipinski definition) is 2. The van der Waals surface area contributed by atoms with E-state index < -0.39 is 0 Å². The molecule has 0 spiro atoms. The predicted molar refractivity (Wildman–Crippen MR) is 63.8 cm³/mol. The van der Waals surface area contributed by atoms with Crippen molar-refractivity contribution in [2.24, 2.45) is 5.41 Å². The summed E-state index contributed by atoms with van der Waals surface area (Å²) in [5.41, 5.74) is 0.865. The van der Waals surface area contributed by atoms with Crippen molar-refractivity contribution in [1.29, 1.82) is 0 Å². The monoisotopic (exact) mass is 237 g/mol. The fourth-order valence-corrected chi connectivity index (χ4v) is 2.12. The second kappa shape index (κ2) is 4.87. The summed E-state index contributed by atoms with van der Waals surface area (Å²) in [5, 5.41) is 9.97. The van der Waals surface area contributed by atoms with E-state index in [9.17, 15) is 4.79 Å². The molecule has 2 heterocycles. The molecule has 1 fully saturated rings. The molecule has 2 rings (SSSR count). The summed E-state index contributed by atoms with van der Waals surface area (Å²) in [6, 6.07) is 1.65. The van der Waals surface area contributed by atoms with Gasteiger partial charge < -0.3 is 15.2 Å². The molecule has 1 atom stereocenters. The van der Waals surface area contributed by atoms with Crippen molar-refractivity contribution < 1.29 is 9.32 Å². The summed E-state index contributed by atoms with van der Waals surface area (Å²) in [6.45, 7) is 6.67. The lowest BCUT2D eigenvalue weighted by Crippen LogP contribution is -2.45. The van der Waals surface area contributed by atoms with E-state index in [-0.39, 0.29) is 17.1 Å². The molecule has 5 heteroatoms. The zero-order chi connectivity index (χ0) is 12.3. The lowest BCUT2D eigenvalue weighted by Gasteiger charge is -2.34. The van der Waals surface area contributed by atoms with Crippen LogP contribution >= 0.6 is 0 Å². The highest BCUT2D eigenvalue weighted by atomic mass is 16.5. The third kappa shape index (κ3) is 3.06. The first-order chi connectivity index (χ1) is 8.09. The Morgan fingerprint density at radius 2 is 2.53 bits per heavy atom. The van der Waals surface area contributed by atoms with Crippen LogP contribution in [-0.2, 0) is 0 Å². The SMILES string of the molecule is Cc1cc(C(=O)NCC2(C)CCCNC2)on1. The predicted octanol–water partition coefficient (Wildman–Crippen LogP) is 1.10. The van der Waals surface area contributed by atoms with Gasteiger partial charge in [-0.2, -0.15) is 0 Å². The van der Waals surface area contributed by atoms with Crippen molar-refractivity contribution in [1.82, 2.24) is 15.8 Å². The van der Waals surface area contributed by atoms with Gasteiger partial charge in [-0.25, -0.2) is 0 Å². The maximum atomic E-state index is 11.8. The highest BCUT2D eigenvalue weighted by Gasteiger charge is 2.27. The Labute approximate surface area is 101 Å². The average Bonchev–Trinajstić information content (AvgIpc) is 2.74. The van der Waals surface area contributed by atoms with Crippen molar-refractivity contribution in [3.8, 4) is 0 Å². The summed E-state index contributed by atoms with van der Waals surface area (Å²) in [4.78, 5) is 11.8. The van der Waals surface area contributed by atoms with Crippen LogP contribution in [0, 0.1) is 12.3 Å². The van der Waals surface area contributed by atoms with Crippen LogP contribution in [0.15, 0.2) is 10.6 Å². The molecule has 1 aliphatic heterocycles. The molecular formula is C12H19N3O2. The summed E-state index contributed by atoms with van der Waals surface area (Å²) in [5.74, 6) is 0.104. The fraction of sp³-hybridized carbons (Fsp3) is 0.667. The lowest BCUT2D eigenvalue weighted by molar-refractivity contribution is 0.0887. The quantitative estimate of drug-likeness (QED) is 0.826. The fourth-order valence-electron chi connectivity index (χ4n) is 2.12. The Bertz CT molecular complexity index is 394. The Morgan fingerprint density at radius 3 is 3.12 bits per heavy atom. The van der Waals surface area contributed by atoms with Gasteiger partial charge in [0.2, 0.25) is 5.76 Å². The largest absolute Gasteiger partial charge is 0.351 e. The standard InChI is InChI=1S/C12H19N3O2/c1-9-6-10(17-15-9)11(16)14-8-12(2)4-3-5-13-7-12/h6,13H,3-5,7-8H2,1-2H3,(H,14,16). The summed E-state index contributed by atoms with van der Waals surface area (Å²) >= 11 is 0. The van der Waals surface area contributed by atoms with Crippen molar-refractivity contribution in [3.63, 3.8) is 0 Å². The van der Waals surface area contributed by atoms with Gasteiger partial charge in [0, 0.05) is 19.2 Å². The first-order valence-corrected chi connectivity index (χ1v) is 6.01. The van der Waals surface area contributed by atoms with Crippen LogP contribution in [0.4, 0.5) is 0 Å². The van der Waals surface area contributed by atoms with Crippen molar-refractivity contribution in [2.45, 2.75) is 26.7 Å². The van der Waals surface area contributed by atoms with Gasteiger partial charge >= 0.3 is 0 Å². The molecule has 0 aromatic carbocycles. The smallest absolute Gasteiger partial charge is 0.289 e. The van der Waals surface area contributed by atoms with E-state index in [2.05, 4.69) is 22.7 Å². The van der Waals surface area contributed by atoms with E-state index in [0.717, 1.165) is 31.6 Å². The molecule has 2 N–H and O–H groups in total. The van der Waals surface area contributed by atoms with E-state index in [1.165, 1.54) is 0 Å². The first kappa shape index (κ1) is 12.1. The van der Waals surface area contributed by atoms with E-state index in [1.807, 2.05) is 0 Å². The van der Waals surface area contributed by atoms with Gasteiger partial charge in [-0.15, -0.1) is 0 Å². The van der Waals surface area contributed by atoms with Gasteiger partial charge in [-0.1, -0.05) is 12.1 Å². The van der Waals surface area contributed by atoms with Gasteiger partial charge in [0.15, 0.2) is 0 Å². The molecule has 17 heavy (non-hydrogen) atoms. The van der Waals surface area contributed by atoms with E-state index >= 15 is 0 Å². The number of carbonyl (C=O) groups excluding carboxylic acids is 1. The molecule has 5 nitrogen and oxygen atoms in total. The van der Waals surface area contributed by atoms with Crippen LogP contribution < -0.4 is 10.6 Å². The van der Waals surface area contributed by atoms with Crippen LogP contribution in [0.1, 0.15) is 36.0 Å². The number of nitrogens with zero attached hydrogens (tertiary/aromatic N) is 1. The van der Waals surface area contributed by atoms with Gasteiger partial charge in [0.1, 0.15) is 0 Å². The van der Waals surface area contributed by atoms with Gasteiger partial charge in [-0.05, 0) is 31.7 Å². The molecule has 1 saturated heterocycles. The van der Waals surface area contributed by atoms with Crippen LogP contribution in [0.3, 0.4) is 0 Å². The normalized spacial score (nSPS) is 24.6. The molecule has 1 aromatic heterocycles. The van der Waals surface area contributed by atoms with Gasteiger partial charge in [-0.3, -0.25) is 4.79 Å². The number of hydrogen-bond acceptors (Lipinski definition) is 4. The first-order valence-electron chi connectivity index (χ1n) is 6.01. The molecule has 1 aromatic rings. The zero-order valence-electron chi connectivity index (χ0n) is 10.4. The average molecular weight is 237 g/mol. The number of aromatic nitrogens is 1. The molecule has 0 radical (unpaired) electrons. The highest BCUT2D eigenvalue weighted by Crippen LogP contribution is 2.24. The van der Waals surface area contributed by atoms with Crippen molar-refractivity contribution >= 4 is 5.91 Å². The number of amides is 1. The minimum absolute atomic E-state index is 0.142. The number of aryl methyl sites for hydroxylation is 1. The molecular weight excluding hydrogens is 218 g/mol. The molecule has 1 unspecified atom stereocenters. The minimum atomic E-state index is -0.183. The number of carbonyl (C=O) groups is 1. The molecule has 0 bridgehead atoms. The minimum Gasteiger partial charge on any atom is -0.351 e. The topological polar surface area (TPSA) is 67.2 Å². The third-order valence-electron chi connectivity index (χ3n) is 3.21. The van der Waals surface area contributed by atoms with Crippen LogP contribution in [-0.4, -0.2) is 30.7 Å². The van der Waals surface area contributed by atoms with Gasteiger partial charge in [0.25, 0.3) is 5.91 Å². The summed E-state index contributed by atoms with van der Waals surface area (Å²) < 4.78 is 4.92. The number of nitrogens with one attached hydrogen (secondary N) is 2. The molecule has 94 valence electrons. The lowest BCUT2D eigenvalue weighted by atomic mass is 9.83. The second-order valence-corrected chi connectivity index (χ2v) is 5.11. The summed E-state index contributed by atoms with van der Waals surface area (Å²) in [6.07, 6.45) is 2.30. The molecule has 1 amide bonds. The summed E-state index contributed by atoms with van der Waals surface area (Å²) in [7, 11) is 0. The molecule has 0 aliphatic carbocycles. The van der Waals surface area contributed by atoms with Crippen LogP contribution in [0.25, 0.3) is 0 Å². The molecule has 1 aliphatic rings. The van der Waals surface area contributed by atoms with Crippen molar-refractivity contribution in [3.05, 3.63) is 17.5 Å². The van der Waals surface area contributed by atoms with E-state index in [0.29, 0.717) is 6.54 Å². The Hall–Kier alpha value is -1.36. The third-order valence-corrected chi connectivity index (χ3v) is 3.21. The molecule has 0 saturated carbocycles. The highest BCUT2D eigenvalue weighted by molar-refractivity contribution is 5.91. The Morgan fingerprint density at radius 1 is 1.71 bits per heavy atom. The van der Waals surface area contributed by atoms with E-state index in [4.69, 9.17) is 4.52 Å². The zero-order valence-corrected chi connectivity index (χ0v) is 10.4. The van der Waals surface area contributed by atoms with Crippen LogP contribution in [0.5, 0.6) is 0 Å². The number of rotatable bonds is 3. The van der Waals surface area contributed by atoms with Crippen molar-refractivity contribution in [2.75, 3.05) is 19.6 Å².